The number of ether oxygens (including phenoxy) is 3. The summed E-state index contributed by atoms with van der Waals surface area (Å²) in [5.74, 6) is 0.922. The highest BCUT2D eigenvalue weighted by molar-refractivity contribution is 6.07. The van der Waals surface area contributed by atoms with Crippen LogP contribution < -0.4 is 14.2 Å². The van der Waals surface area contributed by atoms with Crippen LogP contribution in [0.15, 0.2) is 77.9 Å². The number of benzene rings is 3. The van der Waals surface area contributed by atoms with Crippen LogP contribution in [-0.4, -0.2) is 36.8 Å². The predicted octanol–water partition coefficient (Wildman–Crippen LogP) is 4.62. The highest BCUT2D eigenvalue weighted by Crippen LogP contribution is 2.39. The Bertz CT molecular complexity index is 1210. The molecule has 33 heavy (non-hydrogen) atoms. The normalized spacial score (nSPS) is 15.1. The maximum atomic E-state index is 13.4. The Labute approximate surface area is 192 Å². The molecule has 0 N–H and O–H groups in total. The number of hydrazone groups is 1. The van der Waals surface area contributed by atoms with Crippen molar-refractivity contribution in [1.82, 2.24) is 5.01 Å². The monoisotopic (exact) mass is 444 g/mol. The molecule has 168 valence electrons. The Morgan fingerprint density at radius 2 is 1.58 bits per heavy atom. The molecule has 0 saturated heterocycles. The number of esters is 1. The third-order valence-electron chi connectivity index (χ3n) is 5.38. The van der Waals surface area contributed by atoms with Crippen LogP contribution in [0.1, 0.15) is 40.9 Å². The minimum Gasteiger partial charge on any atom is -0.493 e. The molecule has 0 radical (unpaired) electrons. The van der Waals surface area contributed by atoms with Gasteiger partial charge in [0.05, 0.1) is 26.0 Å². The number of hydrogen-bond donors (Lipinski definition) is 0. The maximum Gasteiger partial charge on any atom is 0.308 e. The Balaban J connectivity index is 1.78. The van der Waals surface area contributed by atoms with Gasteiger partial charge in [-0.15, -0.1) is 0 Å². The lowest BCUT2D eigenvalue weighted by Crippen LogP contribution is -2.27. The average molecular weight is 444 g/mol. The minimum atomic E-state index is -0.422. The molecule has 7 nitrogen and oxygen atoms in total. The zero-order valence-corrected chi connectivity index (χ0v) is 18.6. The second kappa shape index (κ2) is 9.56. The van der Waals surface area contributed by atoms with Gasteiger partial charge in [0.1, 0.15) is 5.75 Å². The van der Waals surface area contributed by atoms with Crippen molar-refractivity contribution in [3.05, 3.63) is 89.5 Å². The number of carbonyl (C=O) groups is 2. The number of rotatable bonds is 6. The van der Waals surface area contributed by atoms with E-state index in [1.165, 1.54) is 11.9 Å². The zero-order chi connectivity index (χ0) is 23.4. The van der Waals surface area contributed by atoms with Crippen LogP contribution in [0.4, 0.5) is 0 Å². The number of methoxy groups -OCH3 is 2. The molecule has 0 aromatic heterocycles. The summed E-state index contributed by atoms with van der Waals surface area (Å²) in [6.07, 6.45) is 0.437. The Kier molecular flexibility index (Phi) is 6.40. The molecule has 1 atom stereocenters. The first-order chi connectivity index (χ1) is 16.0. The SMILES string of the molecule is COc1ccc([C@@H]2CC(c3ccccc3OC(C)=O)=NN2C(=O)c2ccccc2)cc1OC. The summed E-state index contributed by atoms with van der Waals surface area (Å²) >= 11 is 0. The summed E-state index contributed by atoms with van der Waals surface area (Å²) in [6.45, 7) is 1.35. The Morgan fingerprint density at radius 1 is 0.879 bits per heavy atom. The molecule has 3 aromatic rings. The number of carbonyl (C=O) groups excluding carboxylic acids is 2. The molecule has 1 aliphatic rings. The quantitative estimate of drug-likeness (QED) is 0.410. The van der Waals surface area contributed by atoms with Crippen molar-refractivity contribution in [2.24, 2.45) is 5.10 Å². The third-order valence-corrected chi connectivity index (χ3v) is 5.38. The van der Waals surface area contributed by atoms with Crippen molar-refractivity contribution in [1.29, 1.82) is 0 Å². The Morgan fingerprint density at radius 3 is 2.27 bits per heavy atom. The van der Waals surface area contributed by atoms with Crippen LogP contribution in [-0.2, 0) is 4.79 Å². The van der Waals surface area contributed by atoms with Gasteiger partial charge in [-0.05, 0) is 42.0 Å². The molecule has 7 heteroatoms. The van der Waals surface area contributed by atoms with Gasteiger partial charge in [0.2, 0.25) is 0 Å². The standard InChI is InChI=1S/C26H24N2O5/c1-17(29)33-23-12-8-7-11-20(23)21-16-22(19-13-14-24(31-2)25(15-19)32-3)28(27-21)26(30)18-9-5-4-6-10-18/h4-15,22H,16H2,1-3H3/t22-/m0/s1. The summed E-state index contributed by atoms with van der Waals surface area (Å²) in [4.78, 5) is 25.0. The van der Waals surface area contributed by atoms with Gasteiger partial charge in [-0.3, -0.25) is 9.59 Å². The van der Waals surface area contributed by atoms with Gasteiger partial charge >= 0.3 is 5.97 Å². The van der Waals surface area contributed by atoms with Gasteiger partial charge in [-0.1, -0.05) is 36.4 Å². The van der Waals surface area contributed by atoms with Crippen molar-refractivity contribution in [2.45, 2.75) is 19.4 Å². The van der Waals surface area contributed by atoms with E-state index < -0.39 is 5.97 Å². The fraction of sp³-hybridized carbons (Fsp3) is 0.192. The fourth-order valence-corrected chi connectivity index (χ4v) is 3.84. The predicted molar refractivity (Wildman–Crippen MR) is 124 cm³/mol. The first kappa shape index (κ1) is 22.1. The van der Waals surface area contributed by atoms with Crippen molar-refractivity contribution >= 4 is 17.6 Å². The van der Waals surface area contributed by atoms with E-state index in [1.54, 1.807) is 38.5 Å². The van der Waals surface area contributed by atoms with Gasteiger partial charge in [0.15, 0.2) is 11.5 Å². The number of nitrogens with zero attached hydrogens (tertiary/aromatic N) is 2. The average Bonchev–Trinajstić information content (AvgIpc) is 3.29. The molecular weight excluding hydrogens is 420 g/mol. The van der Waals surface area contributed by atoms with Crippen molar-refractivity contribution < 1.29 is 23.8 Å². The highest BCUT2D eigenvalue weighted by Gasteiger charge is 2.35. The first-order valence-corrected chi connectivity index (χ1v) is 10.5. The lowest BCUT2D eigenvalue weighted by molar-refractivity contribution is -0.131. The summed E-state index contributed by atoms with van der Waals surface area (Å²) in [6, 6.07) is 21.4. The molecule has 0 spiro atoms. The molecule has 1 amide bonds. The van der Waals surface area contributed by atoms with Crippen molar-refractivity contribution in [3.63, 3.8) is 0 Å². The molecule has 0 unspecified atom stereocenters. The van der Waals surface area contributed by atoms with Crippen LogP contribution >= 0.6 is 0 Å². The second-order valence-electron chi connectivity index (χ2n) is 7.49. The highest BCUT2D eigenvalue weighted by atomic mass is 16.5. The molecule has 1 aliphatic heterocycles. The largest absolute Gasteiger partial charge is 0.493 e. The maximum absolute atomic E-state index is 13.4. The van der Waals surface area contributed by atoms with Crippen LogP contribution in [0.2, 0.25) is 0 Å². The topological polar surface area (TPSA) is 77.4 Å². The zero-order valence-electron chi connectivity index (χ0n) is 18.6. The van der Waals surface area contributed by atoms with Gasteiger partial charge < -0.3 is 14.2 Å². The lowest BCUT2D eigenvalue weighted by Gasteiger charge is -2.23. The molecule has 1 heterocycles. The molecule has 3 aromatic carbocycles. The van der Waals surface area contributed by atoms with E-state index in [9.17, 15) is 9.59 Å². The van der Waals surface area contributed by atoms with Gasteiger partial charge in [0, 0.05) is 24.5 Å². The fourth-order valence-electron chi connectivity index (χ4n) is 3.84. The van der Waals surface area contributed by atoms with Crippen molar-refractivity contribution in [2.75, 3.05) is 14.2 Å². The smallest absolute Gasteiger partial charge is 0.308 e. The van der Waals surface area contributed by atoms with Crippen LogP contribution in [0.5, 0.6) is 17.2 Å². The van der Waals surface area contributed by atoms with E-state index >= 15 is 0 Å². The first-order valence-electron chi connectivity index (χ1n) is 10.5. The number of hydrogen-bond acceptors (Lipinski definition) is 6. The summed E-state index contributed by atoms with van der Waals surface area (Å²) < 4.78 is 16.2. The number of amides is 1. The molecule has 0 aliphatic carbocycles. The minimum absolute atomic E-state index is 0.227. The second-order valence-corrected chi connectivity index (χ2v) is 7.49. The van der Waals surface area contributed by atoms with Gasteiger partial charge in [-0.2, -0.15) is 5.10 Å². The van der Waals surface area contributed by atoms with Crippen LogP contribution in [0.3, 0.4) is 0 Å². The van der Waals surface area contributed by atoms with Crippen molar-refractivity contribution in [3.8, 4) is 17.2 Å². The van der Waals surface area contributed by atoms with Gasteiger partial charge in [0.25, 0.3) is 5.91 Å². The van der Waals surface area contributed by atoms with Gasteiger partial charge in [-0.25, -0.2) is 5.01 Å². The van der Waals surface area contributed by atoms with E-state index in [4.69, 9.17) is 19.3 Å². The summed E-state index contributed by atoms with van der Waals surface area (Å²) in [5.41, 5.74) is 2.69. The third kappa shape index (κ3) is 4.57. The van der Waals surface area contributed by atoms with E-state index in [0.717, 1.165) is 5.56 Å². The van der Waals surface area contributed by atoms with E-state index in [0.29, 0.717) is 40.5 Å². The molecule has 0 saturated carbocycles. The number of para-hydroxylation sites is 1. The summed E-state index contributed by atoms with van der Waals surface area (Å²) in [5, 5.41) is 6.18. The lowest BCUT2D eigenvalue weighted by atomic mass is 9.97. The van der Waals surface area contributed by atoms with E-state index in [-0.39, 0.29) is 11.9 Å². The molecule has 4 rings (SSSR count). The van der Waals surface area contributed by atoms with Crippen LogP contribution in [0, 0.1) is 0 Å². The van der Waals surface area contributed by atoms with Crippen LogP contribution in [0.25, 0.3) is 0 Å². The summed E-state index contributed by atoms with van der Waals surface area (Å²) in [7, 11) is 3.14. The molecule has 0 bridgehead atoms. The Hall–Kier alpha value is -4.13. The van der Waals surface area contributed by atoms with E-state index in [2.05, 4.69) is 0 Å². The molecule has 0 fully saturated rings. The van der Waals surface area contributed by atoms with E-state index in [1.807, 2.05) is 48.5 Å². The molecular formula is C26H24N2O5.